The lowest BCUT2D eigenvalue weighted by molar-refractivity contribution is -0.145. The first-order chi connectivity index (χ1) is 14.4. The Hall–Kier alpha value is -2.47. The Kier molecular flexibility index (Phi) is 4.77. The highest BCUT2D eigenvalue weighted by molar-refractivity contribution is 5.95. The molecule has 2 amide bonds. The van der Waals surface area contributed by atoms with Crippen LogP contribution in [0.1, 0.15) is 43.6 Å². The van der Waals surface area contributed by atoms with Crippen LogP contribution in [0.3, 0.4) is 0 Å². The molecule has 2 saturated heterocycles. The number of amides is 2. The minimum atomic E-state index is -0.00467. The number of benzene rings is 1. The summed E-state index contributed by atoms with van der Waals surface area (Å²) in [7, 11) is 0. The molecule has 30 heavy (non-hydrogen) atoms. The van der Waals surface area contributed by atoms with Crippen molar-refractivity contribution in [1.82, 2.24) is 14.8 Å². The SMILES string of the molecule is C[C@@H]1CN(C(=O)C2CC23CCN(C(=O)c2ccc4ccccc4n2)CC3)C[C@H](C)O1. The fourth-order valence-electron chi connectivity index (χ4n) is 5.33. The molecule has 1 saturated carbocycles. The van der Waals surface area contributed by atoms with E-state index in [1.165, 1.54) is 0 Å². The van der Waals surface area contributed by atoms with Gasteiger partial charge in [0.2, 0.25) is 5.91 Å². The molecule has 2 aliphatic heterocycles. The largest absolute Gasteiger partial charge is 0.372 e. The summed E-state index contributed by atoms with van der Waals surface area (Å²) in [4.78, 5) is 34.5. The number of morpholine rings is 1. The lowest BCUT2D eigenvalue weighted by Gasteiger charge is -2.37. The van der Waals surface area contributed by atoms with Gasteiger partial charge in [0.05, 0.1) is 17.7 Å². The number of carbonyl (C=O) groups is 2. The Morgan fingerprint density at radius 2 is 1.70 bits per heavy atom. The highest BCUT2D eigenvalue weighted by Gasteiger charge is 2.59. The van der Waals surface area contributed by atoms with Crippen LogP contribution in [0.5, 0.6) is 0 Å². The van der Waals surface area contributed by atoms with E-state index in [9.17, 15) is 9.59 Å². The van der Waals surface area contributed by atoms with Gasteiger partial charge in [-0.15, -0.1) is 0 Å². The molecule has 1 aliphatic carbocycles. The molecule has 0 radical (unpaired) electrons. The Morgan fingerprint density at radius 3 is 2.43 bits per heavy atom. The van der Waals surface area contributed by atoms with Gasteiger partial charge >= 0.3 is 0 Å². The number of hydrogen-bond donors (Lipinski definition) is 0. The van der Waals surface area contributed by atoms with Crippen molar-refractivity contribution < 1.29 is 14.3 Å². The van der Waals surface area contributed by atoms with Gasteiger partial charge in [-0.05, 0) is 50.7 Å². The standard InChI is InChI=1S/C24H29N3O3/c1-16-14-27(15-17(2)30-16)22(28)19-13-24(19)9-11-26(12-10-24)23(29)21-8-7-18-5-3-4-6-20(18)25-21/h3-8,16-17,19H,9-15H2,1-2H3/t16-,17+,19?. The first kappa shape index (κ1) is 19.5. The summed E-state index contributed by atoms with van der Waals surface area (Å²) in [5.41, 5.74) is 1.44. The number of pyridine rings is 1. The third-order valence-corrected chi connectivity index (χ3v) is 7.08. The molecular weight excluding hydrogens is 378 g/mol. The molecule has 3 heterocycles. The van der Waals surface area contributed by atoms with Crippen LogP contribution in [-0.4, -0.2) is 65.0 Å². The number of aromatic nitrogens is 1. The second-order valence-electron chi connectivity index (χ2n) is 9.30. The fraction of sp³-hybridized carbons (Fsp3) is 0.542. The molecule has 1 unspecified atom stereocenters. The highest BCUT2D eigenvalue weighted by Crippen LogP contribution is 2.60. The van der Waals surface area contributed by atoms with Crippen molar-refractivity contribution in [1.29, 1.82) is 0 Å². The Morgan fingerprint density at radius 1 is 1.00 bits per heavy atom. The van der Waals surface area contributed by atoms with Crippen molar-refractivity contribution in [3.8, 4) is 0 Å². The molecule has 1 aromatic heterocycles. The number of piperidine rings is 1. The summed E-state index contributed by atoms with van der Waals surface area (Å²) in [6, 6.07) is 11.6. The summed E-state index contributed by atoms with van der Waals surface area (Å²) in [5.74, 6) is 0.397. The van der Waals surface area contributed by atoms with Crippen LogP contribution in [0.25, 0.3) is 10.9 Å². The van der Waals surface area contributed by atoms with Crippen molar-refractivity contribution >= 4 is 22.7 Å². The molecule has 1 aromatic carbocycles. The first-order valence-corrected chi connectivity index (χ1v) is 11.0. The number of hydrogen-bond acceptors (Lipinski definition) is 4. The monoisotopic (exact) mass is 407 g/mol. The van der Waals surface area contributed by atoms with Crippen molar-refractivity contribution in [2.75, 3.05) is 26.2 Å². The molecule has 0 bridgehead atoms. The first-order valence-electron chi connectivity index (χ1n) is 11.0. The zero-order chi connectivity index (χ0) is 20.9. The minimum Gasteiger partial charge on any atom is -0.372 e. The van der Waals surface area contributed by atoms with Gasteiger partial charge in [0.25, 0.3) is 5.91 Å². The van der Waals surface area contributed by atoms with Gasteiger partial charge in [-0.1, -0.05) is 24.3 Å². The molecule has 1 spiro atoms. The number of carbonyl (C=O) groups excluding carboxylic acids is 2. The molecular formula is C24H29N3O3. The van der Waals surface area contributed by atoms with Crippen molar-refractivity contribution in [2.45, 2.75) is 45.3 Å². The summed E-state index contributed by atoms with van der Waals surface area (Å²) >= 11 is 0. The Bertz CT molecular complexity index is 973. The summed E-state index contributed by atoms with van der Waals surface area (Å²) in [6.45, 7) is 6.84. The topological polar surface area (TPSA) is 62.7 Å². The zero-order valence-electron chi connectivity index (χ0n) is 17.7. The normalized spacial score (nSPS) is 28.0. The maximum atomic E-state index is 13.1. The second-order valence-corrected chi connectivity index (χ2v) is 9.30. The third-order valence-electron chi connectivity index (χ3n) is 7.08. The van der Waals surface area contributed by atoms with Gasteiger partial charge in [0.1, 0.15) is 5.69 Å². The molecule has 3 aliphatic rings. The predicted octanol–water partition coefficient (Wildman–Crippen LogP) is 3.11. The van der Waals surface area contributed by atoms with Gasteiger partial charge < -0.3 is 14.5 Å². The van der Waals surface area contributed by atoms with E-state index in [1.54, 1.807) is 0 Å². The van der Waals surface area contributed by atoms with E-state index in [0.29, 0.717) is 31.9 Å². The Balaban J connectivity index is 1.21. The van der Waals surface area contributed by atoms with E-state index < -0.39 is 0 Å². The van der Waals surface area contributed by atoms with Crippen LogP contribution in [0, 0.1) is 11.3 Å². The molecule has 2 aromatic rings. The smallest absolute Gasteiger partial charge is 0.272 e. The van der Waals surface area contributed by atoms with Crippen LogP contribution >= 0.6 is 0 Å². The third kappa shape index (κ3) is 3.47. The van der Waals surface area contributed by atoms with E-state index in [2.05, 4.69) is 4.98 Å². The van der Waals surface area contributed by atoms with E-state index >= 15 is 0 Å². The molecule has 158 valence electrons. The number of fused-ring (bicyclic) bond motifs is 1. The average molecular weight is 408 g/mol. The van der Waals surface area contributed by atoms with E-state index in [4.69, 9.17) is 4.74 Å². The maximum Gasteiger partial charge on any atom is 0.272 e. The van der Waals surface area contributed by atoms with Crippen molar-refractivity contribution in [3.63, 3.8) is 0 Å². The number of ether oxygens (including phenoxy) is 1. The van der Waals surface area contributed by atoms with E-state index in [1.807, 2.05) is 60.0 Å². The summed E-state index contributed by atoms with van der Waals surface area (Å²) < 4.78 is 5.77. The second kappa shape index (κ2) is 7.34. The average Bonchev–Trinajstić information content (AvgIpc) is 3.45. The number of rotatable bonds is 2. The predicted molar refractivity (Wildman–Crippen MR) is 114 cm³/mol. The van der Waals surface area contributed by atoms with Gasteiger partial charge in [0.15, 0.2) is 0 Å². The lowest BCUT2D eigenvalue weighted by Crippen LogP contribution is -2.49. The minimum absolute atomic E-state index is 0.00467. The molecule has 6 heteroatoms. The molecule has 5 rings (SSSR count). The number of nitrogens with zero attached hydrogens (tertiary/aromatic N) is 3. The van der Waals surface area contributed by atoms with Crippen LogP contribution in [-0.2, 0) is 9.53 Å². The maximum absolute atomic E-state index is 13.1. The summed E-state index contributed by atoms with van der Waals surface area (Å²) in [5, 5.41) is 1.04. The Labute approximate surface area is 177 Å². The number of para-hydroxylation sites is 1. The quantitative estimate of drug-likeness (QED) is 0.767. The van der Waals surface area contributed by atoms with Crippen LogP contribution in [0.4, 0.5) is 0 Å². The van der Waals surface area contributed by atoms with Crippen molar-refractivity contribution in [3.05, 3.63) is 42.1 Å². The number of likely N-dealkylation sites (tertiary alicyclic amines) is 1. The van der Waals surface area contributed by atoms with Gasteiger partial charge in [-0.25, -0.2) is 4.98 Å². The molecule has 0 N–H and O–H groups in total. The van der Waals surface area contributed by atoms with Crippen LogP contribution in [0.15, 0.2) is 36.4 Å². The van der Waals surface area contributed by atoms with Gasteiger partial charge in [-0.2, -0.15) is 0 Å². The van der Waals surface area contributed by atoms with Crippen molar-refractivity contribution in [2.24, 2.45) is 11.3 Å². The lowest BCUT2D eigenvalue weighted by atomic mass is 9.90. The van der Waals surface area contributed by atoms with Crippen LogP contribution in [0.2, 0.25) is 0 Å². The van der Waals surface area contributed by atoms with E-state index in [0.717, 1.165) is 30.2 Å². The van der Waals surface area contributed by atoms with Gasteiger partial charge in [0, 0.05) is 37.5 Å². The van der Waals surface area contributed by atoms with E-state index in [-0.39, 0.29) is 35.4 Å². The molecule has 6 nitrogen and oxygen atoms in total. The zero-order valence-corrected chi connectivity index (χ0v) is 17.7. The van der Waals surface area contributed by atoms with Gasteiger partial charge in [-0.3, -0.25) is 9.59 Å². The molecule has 3 fully saturated rings. The summed E-state index contributed by atoms with van der Waals surface area (Å²) in [6.07, 6.45) is 2.96. The fourth-order valence-corrected chi connectivity index (χ4v) is 5.33. The van der Waals surface area contributed by atoms with Crippen LogP contribution < -0.4 is 0 Å². The highest BCUT2D eigenvalue weighted by atomic mass is 16.5. The molecule has 3 atom stereocenters.